The molecule has 0 bridgehead atoms. The summed E-state index contributed by atoms with van der Waals surface area (Å²) >= 11 is 0. The number of rotatable bonds is 0. The smallest absolute Gasteiger partial charge is 0.330 e. The average Bonchev–Trinajstić information content (AvgIpc) is 2.32. The first-order valence-electron chi connectivity index (χ1n) is 6.41. The second-order valence-electron chi connectivity index (χ2n) is 4.64. The van der Waals surface area contributed by atoms with Crippen LogP contribution in [0.3, 0.4) is 0 Å². The number of carbonyl (C=O) groups is 2. The monoisotopic (exact) mass is 268 g/mol. The Morgan fingerprint density at radius 1 is 1.05 bits per heavy atom. The van der Waals surface area contributed by atoms with Gasteiger partial charge in [-0.1, -0.05) is 6.08 Å². The fourth-order valence-corrected chi connectivity index (χ4v) is 1.63. The van der Waals surface area contributed by atoms with Crippen LogP contribution in [-0.4, -0.2) is 35.4 Å². The zero-order chi connectivity index (χ0) is 14.3. The number of carbonyl (C=O) groups excluding carboxylic acids is 2. The van der Waals surface area contributed by atoms with Gasteiger partial charge in [0.2, 0.25) is 0 Å². The largest absolute Gasteiger partial charge is 0.460 e. The van der Waals surface area contributed by atoms with Gasteiger partial charge in [0.15, 0.2) is 0 Å². The maximum absolute atomic E-state index is 11.4. The van der Waals surface area contributed by atoms with Crippen LogP contribution in [-0.2, 0) is 19.1 Å². The number of cyclic esters (lactones) is 2. The second-order valence-corrected chi connectivity index (χ2v) is 4.64. The number of aliphatic hydroxyl groups is 1. The first-order chi connectivity index (χ1) is 8.97. The van der Waals surface area contributed by atoms with Crippen molar-refractivity contribution < 1.29 is 24.2 Å². The van der Waals surface area contributed by atoms with Gasteiger partial charge in [0.25, 0.3) is 0 Å². The predicted molar refractivity (Wildman–Crippen MR) is 69.2 cm³/mol. The molecule has 0 aromatic carbocycles. The molecule has 1 aliphatic heterocycles. The molecule has 0 saturated heterocycles. The molecule has 1 heterocycles. The number of hydrogen-bond donors (Lipinski definition) is 1. The molecule has 0 saturated carbocycles. The molecule has 0 aromatic heterocycles. The zero-order valence-corrected chi connectivity index (χ0v) is 11.2. The van der Waals surface area contributed by atoms with E-state index in [1.54, 1.807) is 19.9 Å². The molecule has 0 unspecified atom stereocenters. The van der Waals surface area contributed by atoms with Crippen LogP contribution in [0, 0.1) is 0 Å². The minimum Gasteiger partial charge on any atom is -0.460 e. The molecule has 106 valence electrons. The van der Waals surface area contributed by atoms with Gasteiger partial charge in [-0.2, -0.15) is 0 Å². The van der Waals surface area contributed by atoms with Crippen molar-refractivity contribution in [3.63, 3.8) is 0 Å². The molecular weight excluding hydrogens is 248 g/mol. The van der Waals surface area contributed by atoms with Crippen LogP contribution in [0.4, 0.5) is 0 Å². The third kappa shape index (κ3) is 6.76. The summed E-state index contributed by atoms with van der Waals surface area (Å²) in [4.78, 5) is 22.8. The Kier molecular flexibility index (Phi) is 6.29. The van der Waals surface area contributed by atoms with Gasteiger partial charge in [0, 0.05) is 18.6 Å². The Hall–Kier alpha value is -1.62. The lowest BCUT2D eigenvalue weighted by atomic mass is 10.1. The van der Waals surface area contributed by atoms with Crippen LogP contribution < -0.4 is 0 Å². The molecule has 1 rings (SSSR count). The van der Waals surface area contributed by atoms with Crippen molar-refractivity contribution in [2.24, 2.45) is 0 Å². The SMILES string of the molecule is C[C@@H]1C/C=C/C(=O)O[C@H](C)CC[C@@H](O)/C=C/C(=O)O1. The van der Waals surface area contributed by atoms with E-state index in [-0.39, 0.29) is 12.2 Å². The molecule has 0 amide bonds. The van der Waals surface area contributed by atoms with Crippen molar-refractivity contribution in [3.8, 4) is 0 Å². The molecule has 0 aliphatic carbocycles. The van der Waals surface area contributed by atoms with E-state index in [1.807, 2.05) is 0 Å². The van der Waals surface area contributed by atoms with Gasteiger partial charge in [0.1, 0.15) is 6.10 Å². The Labute approximate surface area is 112 Å². The molecule has 0 aromatic rings. The highest BCUT2D eigenvalue weighted by molar-refractivity contribution is 5.82. The Balaban J connectivity index is 2.69. The van der Waals surface area contributed by atoms with Gasteiger partial charge >= 0.3 is 11.9 Å². The lowest BCUT2D eigenvalue weighted by Crippen LogP contribution is -2.17. The normalized spacial score (nSPS) is 33.7. The van der Waals surface area contributed by atoms with E-state index >= 15 is 0 Å². The quantitative estimate of drug-likeness (QED) is 0.674. The summed E-state index contributed by atoms with van der Waals surface area (Å²) in [6, 6.07) is 0. The molecule has 1 N–H and O–H groups in total. The molecule has 0 radical (unpaired) electrons. The van der Waals surface area contributed by atoms with Gasteiger partial charge in [-0.3, -0.25) is 0 Å². The summed E-state index contributed by atoms with van der Waals surface area (Å²) in [5.41, 5.74) is 0. The molecule has 1 aliphatic rings. The van der Waals surface area contributed by atoms with Crippen molar-refractivity contribution in [1.29, 1.82) is 0 Å². The first kappa shape index (κ1) is 15.4. The van der Waals surface area contributed by atoms with E-state index in [0.29, 0.717) is 19.3 Å². The van der Waals surface area contributed by atoms with Crippen LogP contribution in [0.15, 0.2) is 24.3 Å². The Bertz CT molecular complexity index is 372. The summed E-state index contributed by atoms with van der Waals surface area (Å²) in [6.45, 7) is 3.50. The summed E-state index contributed by atoms with van der Waals surface area (Å²) in [5.74, 6) is -0.916. The van der Waals surface area contributed by atoms with E-state index in [0.717, 1.165) is 0 Å². The van der Waals surface area contributed by atoms with E-state index in [2.05, 4.69) is 0 Å². The summed E-state index contributed by atoms with van der Waals surface area (Å²) in [7, 11) is 0. The highest BCUT2D eigenvalue weighted by Gasteiger charge is 2.11. The van der Waals surface area contributed by atoms with Crippen LogP contribution in [0.1, 0.15) is 33.1 Å². The zero-order valence-electron chi connectivity index (χ0n) is 11.2. The van der Waals surface area contributed by atoms with Crippen molar-refractivity contribution in [2.75, 3.05) is 0 Å². The molecular formula is C14H20O5. The Morgan fingerprint density at radius 2 is 1.68 bits per heavy atom. The second kappa shape index (κ2) is 7.74. The highest BCUT2D eigenvalue weighted by Crippen LogP contribution is 2.08. The van der Waals surface area contributed by atoms with Crippen LogP contribution in [0.5, 0.6) is 0 Å². The minimum absolute atomic E-state index is 0.271. The first-order valence-corrected chi connectivity index (χ1v) is 6.41. The molecule has 0 fully saturated rings. The van der Waals surface area contributed by atoms with E-state index in [1.165, 1.54) is 18.2 Å². The molecule has 5 heteroatoms. The van der Waals surface area contributed by atoms with Gasteiger partial charge in [-0.15, -0.1) is 0 Å². The molecule has 5 nitrogen and oxygen atoms in total. The van der Waals surface area contributed by atoms with Gasteiger partial charge in [0.05, 0.1) is 12.2 Å². The lowest BCUT2D eigenvalue weighted by Gasteiger charge is -2.14. The topological polar surface area (TPSA) is 72.8 Å². The van der Waals surface area contributed by atoms with Crippen molar-refractivity contribution in [1.82, 2.24) is 0 Å². The molecule has 3 atom stereocenters. The predicted octanol–water partition coefficient (Wildman–Crippen LogP) is 1.51. The fraction of sp³-hybridized carbons (Fsp3) is 0.571. The summed E-state index contributed by atoms with van der Waals surface area (Å²) < 4.78 is 10.2. The van der Waals surface area contributed by atoms with Crippen molar-refractivity contribution in [2.45, 2.75) is 51.4 Å². The minimum atomic E-state index is -0.748. The maximum Gasteiger partial charge on any atom is 0.330 e. The molecule has 0 spiro atoms. The van der Waals surface area contributed by atoms with Crippen molar-refractivity contribution >= 4 is 11.9 Å². The third-order valence-corrected chi connectivity index (χ3v) is 2.68. The van der Waals surface area contributed by atoms with Crippen LogP contribution >= 0.6 is 0 Å². The van der Waals surface area contributed by atoms with Crippen LogP contribution in [0.2, 0.25) is 0 Å². The third-order valence-electron chi connectivity index (χ3n) is 2.68. The van der Waals surface area contributed by atoms with E-state index in [9.17, 15) is 14.7 Å². The highest BCUT2D eigenvalue weighted by atomic mass is 16.5. The number of hydrogen-bond acceptors (Lipinski definition) is 5. The van der Waals surface area contributed by atoms with E-state index < -0.39 is 18.0 Å². The van der Waals surface area contributed by atoms with Gasteiger partial charge in [-0.25, -0.2) is 9.59 Å². The number of aliphatic hydroxyl groups excluding tert-OH is 1. The lowest BCUT2D eigenvalue weighted by molar-refractivity contribution is -0.142. The van der Waals surface area contributed by atoms with E-state index in [4.69, 9.17) is 9.47 Å². The van der Waals surface area contributed by atoms with Crippen molar-refractivity contribution in [3.05, 3.63) is 24.3 Å². The maximum atomic E-state index is 11.4. The van der Waals surface area contributed by atoms with Gasteiger partial charge in [-0.05, 0) is 32.8 Å². The summed E-state index contributed by atoms with van der Waals surface area (Å²) in [6.07, 6.45) is 5.60. The van der Waals surface area contributed by atoms with Crippen LogP contribution in [0.25, 0.3) is 0 Å². The average molecular weight is 268 g/mol. The molecule has 19 heavy (non-hydrogen) atoms. The van der Waals surface area contributed by atoms with Gasteiger partial charge < -0.3 is 14.6 Å². The number of esters is 2. The fourth-order valence-electron chi connectivity index (χ4n) is 1.63. The number of ether oxygens (including phenoxy) is 2. The Morgan fingerprint density at radius 3 is 2.42 bits per heavy atom. The standard InChI is InChI=1S/C14H20O5/c1-10-4-3-5-13(16)19-11(2)6-7-12(15)8-9-14(17)18-10/h3,5,8-12,15H,4,6-7H2,1-2H3/b5-3+,9-8+/t10-,11-,12-/m1/s1. The summed E-state index contributed by atoms with van der Waals surface area (Å²) in [5, 5.41) is 9.64.